The lowest BCUT2D eigenvalue weighted by Crippen LogP contribution is -2.43. The van der Waals surface area contributed by atoms with Gasteiger partial charge in [-0.1, -0.05) is 29.8 Å². The number of aryl methyl sites for hydroxylation is 2. The molecule has 2 aromatic carbocycles. The third-order valence-electron chi connectivity index (χ3n) is 4.89. The predicted molar refractivity (Wildman–Crippen MR) is 114 cm³/mol. The number of hydrogen-bond acceptors (Lipinski definition) is 4. The van der Waals surface area contributed by atoms with Gasteiger partial charge in [0, 0.05) is 18.0 Å². The van der Waals surface area contributed by atoms with Crippen LogP contribution in [0.4, 0.5) is 0 Å². The standard InChI is InChI=1S/C21H24ClN3O4S/c22-18-8-5-15(6-9-18)13-21(27)25-24-20(26)11-12-23-30(28,29)19-10-7-16-3-1-2-4-17(16)14-19/h5-10,14,23H,1-4,11-13H2,(H,24,26)(H,25,27). The van der Waals surface area contributed by atoms with E-state index in [9.17, 15) is 18.0 Å². The van der Waals surface area contributed by atoms with Crippen molar-refractivity contribution in [3.8, 4) is 0 Å². The summed E-state index contributed by atoms with van der Waals surface area (Å²) in [5, 5.41) is 0.574. The third-order valence-corrected chi connectivity index (χ3v) is 6.60. The minimum Gasteiger partial charge on any atom is -0.273 e. The smallest absolute Gasteiger partial charge is 0.242 e. The molecule has 0 heterocycles. The molecule has 0 unspecified atom stereocenters. The van der Waals surface area contributed by atoms with E-state index in [1.807, 2.05) is 6.07 Å². The summed E-state index contributed by atoms with van der Waals surface area (Å²) in [5.41, 5.74) is 7.62. The summed E-state index contributed by atoms with van der Waals surface area (Å²) < 4.78 is 27.4. The number of rotatable bonds is 7. The van der Waals surface area contributed by atoms with Crippen LogP contribution >= 0.6 is 11.6 Å². The van der Waals surface area contributed by atoms with Crippen LogP contribution in [0.5, 0.6) is 0 Å². The Kier molecular flexibility index (Phi) is 7.47. The van der Waals surface area contributed by atoms with Crippen LogP contribution < -0.4 is 15.6 Å². The van der Waals surface area contributed by atoms with E-state index in [0.717, 1.165) is 36.8 Å². The molecule has 2 amide bonds. The summed E-state index contributed by atoms with van der Waals surface area (Å²) in [7, 11) is -3.69. The van der Waals surface area contributed by atoms with Crippen molar-refractivity contribution in [2.75, 3.05) is 6.54 Å². The van der Waals surface area contributed by atoms with Crippen LogP contribution in [0.2, 0.25) is 5.02 Å². The van der Waals surface area contributed by atoms with Gasteiger partial charge in [0.25, 0.3) is 0 Å². The topological polar surface area (TPSA) is 104 Å². The molecule has 2 aromatic rings. The van der Waals surface area contributed by atoms with E-state index >= 15 is 0 Å². The Morgan fingerprint density at radius 1 is 0.900 bits per heavy atom. The highest BCUT2D eigenvalue weighted by molar-refractivity contribution is 7.89. The van der Waals surface area contributed by atoms with Crippen molar-refractivity contribution in [1.29, 1.82) is 0 Å². The highest BCUT2D eigenvalue weighted by Crippen LogP contribution is 2.24. The number of benzene rings is 2. The summed E-state index contributed by atoms with van der Waals surface area (Å²) >= 11 is 5.80. The minimum absolute atomic E-state index is 0.0711. The number of sulfonamides is 1. The number of fused-ring (bicyclic) bond motifs is 1. The summed E-state index contributed by atoms with van der Waals surface area (Å²) in [6.07, 6.45) is 4.04. The van der Waals surface area contributed by atoms with Gasteiger partial charge in [0.1, 0.15) is 0 Å². The second kappa shape index (κ2) is 10.1. The molecule has 0 atom stereocenters. The van der Waals surface area contributed by atoms with Crippen molar-refractivity contribution in [1.82, 2.24) is 15.6 Å². The molecule has 160 valence electrons. The lowest BCUT2D eigenvalue weighted by molar-refractivity contribution is -0.128. The van der Waals surface area contributed by atoms with E-state index in [1.54, 1.807) is 36.4 Å². The highest BCUT2D eigenvalue weighted by Gasteiger charge is 2.18. The van der Waals surface area contributed by atoms with Crippen LogP contribution in [0.1, 0.15) is 36.0 Å². The molecule has 9 heteroatoms. The fraction of sp³-hybridized carbons (Fsp3) is 0.333. The Morgan fingerprint density at radius 3 is 2.30 bits per heavy atom. The van der Waals surface area contributed by atoms with Gasteiger partial charge in [-0.3, -0.25) is 20.4 Å². The first kappa shape index (κ1) is 22.3. The number of hydrazine groups is 1. The molecule has 0 saturated heterocycles. The average Bonchev–Trinajstić information content (AvgIpc) is 2.73. The van der Waals surface area contributed by atoms with Crippen molar-refractivity contribution < 1.29 is 18.0 Å². The van der Waals surface area contributed by atoms with Gasteiger partial charge in [0.15, 0.2) is 0 Å². The lowest BCUT2D eigenvalue weighted by Gasteiger charge is -2.16. The largest absolute Gasteiger partial charge is 0.273 e. The lowest BCUT2D eigenvalue weighted by atomic mass is 9.92. The molecule has 0 bridgehead atoms. The van der Waals surface area contributed by atoms with Crippen molar-refractivity contribution >= 4 is 33.4 Å². The van der Waals surface area contributed by atoms with E-state index in [0.29, 0.717) is 5.02 Å². The molecule has 0 aliphatic heterocycles. The second-order valence-corrected chi connectivity index (χ2v) is 9.39. The van der Waals surface area contributed by atoms with E-state index in [-0.39, 0.29) is 30.2 Å². The van der Waals surface area contributed by atoms with E-state index < -0.39 is 15.9 Å². The van der Waals surface area contributed by atoms with Crippen LogP contribution in [0, 0.1) is 0 Å². The quantitative estimate of drug-likeness (QED) is 0.564. The second-order valence-electron chi connectivity index (χ2n) is 7.18. The first-order valence-corrected chi connectivity index (χ1v) is 11.6. The zero-order valence-electron chi connectivity index (χ0n) is 16.4. The van der Waals surface area contributed by atoms with Crippen LogP contribution in [0.15, 0.2) is 47.4 Å². The van der Waals surface area contributed by atoms with E-state index in [1.165, 1.54) is 5.56 Å². The molecule has 0 aromatic heterocycles. The molecular formula is C21H24ClN3O4S. The van der Waals surface area contributed by atoms with E-state index in [4.69, 9.17) is 11.6 Å². The van der Waals surface area contributed by atoms with Gasteiger partial charge in [0.05, 0.1) is 11.3 Å². The number of nitrogens with one attached hydrogen (secondary N) is 3. The van der Waals surface area contributed by atoms with E-state index in [2.05, 4.69) is 15.6 Å². The van der Waals surface area contributed by atoms with Gasteiger partial charge in [0.2, 0.25) is 21.8 Å². The van der Waals surface area contributed by atoms with Crippen LogP contribution in [0.3, 0.4) is 0 Å². The molecule has 0 saturated carbocycles. The minimum atomic E-state index is -3.69. The molecule has 30 heavy (non-hydrogen) atoms. The summed E-state index contributed by atoms with van der Waals surface area (Å²) in [4.78, 5) is 24.0. The van der Waals surface area contributed by atoms with Crippen molar-refractivity contribution in [2.24, 2.45) is 0 Å². The zero-order chi connectivity index (χ0) is 21.6. The molecule has 3 N–H and O–H groups in total. The monoisotopic (exact) mass is 449 g/mol. The van der Waals surface area contributed by atoms with Gasteiger partial charge in [-0.15, -0.1) is 0 Å². The van der Waals surface area contributed by atoms with Gasteiger partial charge >= 0.3 is 0 Å². The molecule has 3 rings (SSSR count). The Hall–Kier alpha value is -2.42. The third kappa shape index (κ3) is 6.29. The Morgan fingerprint density at radius 2 is 1.57 bits per heavy atom. The van der Waals surface area contributed by atoms with Crippen LogP contribution in [0.25, 0.3) is 0 Å². The zero-order valence-corrected chi connectivity index (χ0v) is 18.0. The number of carbonyl (C=O) groups excluding carboxylic acids is 2. The molecule has 0 spiro atoms. The first-order chi connectivity index (χ1) is 14.3. The maximum Gasteiger partial charge on any atom is 0.242 e. The van der Waals surface area contributed by atoms with Crippen LogP contribution in [-0.4, -0.2) is 26.8 Å². The number of amides is 2. The normalized spacial score (nSPS) is 13.4. The van der Waals surface area contributed by atoms with Crippen molar-refractivity contribution in [3.63, 3.8) is 0 Å². The Balaban J connectivity index is 1.42. The molecule has 1 aliphatic rings. The molecule has 1 aliphatic carbocycles. The van der Waals surface area contributed by atoms with Crippen molar-refractivity contribution in [2.45, 2.75) is 43.4 Å². The summed E-state index contributed by atoms with van der Waals surface area (Å²) in [6.45, 7) is -0.0711. The Labute approximate surface area is 181 Å². The van der Waals surface area contributed by atoms with Gasteiger partial charge in [-0.05, 0) is 66.6 Å². The maximum absolute atomic E-state index is 12.5. The van der Waals surface area contributed by atoms with Gasteiger partial charge in [-0.25, -0.2) is 13.1 Å². The number of hydrogen-bond donors (Lipinski definition) is 3. The number of halogens is 1. The van der Waals surface area contributed by atoms with Gasteiger partial charge in [-0.2, -0.15) is 0 Å². The molecular weight excluding hydrogens is 426 g/mol. The van der Waals surface area contributed by atoms with Gasteiger partial charge < -0.3 is 0 Å². The fourth-order valence-corrected chi connectivity index (χ4v) is 4.50. The fourth-order valence-electron chi connectivity index (χ4n) is 3.29. The molecule has 0 fully saturated rings. The SMILES string of the molecule is O=C(CCNS(=O)(=O)c1ccc2c(c1)CCCC2)NNC(=O)Cc1ccc(Cl)cc1. The van der Waals surface area contributed by atoms with Crippen LogP contribution in [-0.2, 0) is 38.9 Å². The Bertz CT molecular complexity index is 1020. The van der Waals surface area contributed by atoms with Crippen molar-refractivity contribution in [3.05, 3.63) is 64.2 Å². The highest BCUT2D eigenvalue weighted by atomic mass is 35.5. The summed E-state index contributed by atoms with van der Waals surface area (Å²) in [6, 6.07) is 12.0. The molecule has 7 nitrogen and oxygen atoms in total. The maximum atomic E-state index is 12.5. The summed E-state index contributed by atoms with van der Waals surface area (Å²) in [5.74, 6) is -0.882. The average molecular weight is 450 g/mol. The first-order valence-electron chi connectivity index (χ1n) is 9.77. The predicted octanol–water partition coefficient (Wildman–Crippen LogP) is 2.28. The number of carbonyl (C=O) groups is 2. The molecule has 0 radical (unpaired) electrons.